The van der Waals surface area contributed by atoms with Crippen molar-refractivity contribution < 1.29 is 0 Å². The highest BCUT2D eigenvalue weighted by Gasteiger charge is 2.18. The van der Waals surface area contributed by atoms with Crippen molar-refractivity contribution in [1.82, 2.24) is 19.6 Å². The van der Waals surface area contributed by atoms with Crippen LogP contribution in [0.15, 0.2) is 65.6 Å². The Hall–Kier alpha value is -3.21. The van der Waals surface area contributed by atoms with E-state index in [0.717, 1.165) is 22.3 Å². The van der Waals surface area contributed by atoms with Gasteiger partial charge in [-0.1, -0.05) is 61.9 Å². The second kappa shape index (κ2) is 6.83. The molecule has 0 fully saturated rings. The number of aromatic nitrogens is 4. The van der Waals surface area contributed by atoms with Crippen LogP contribution in [-0.2, 0) is 6.54 Å². The molecule has 0 spiro atoms. The monoisotopic (exact) mass is 358 g/mol. The molecule has 27 heavy (non-hydrogen) atoms. The van der Waals surface area contributed by atoms with Gasteiger partial charge in [0.15, 0.2) is 0 Å². The van der Waals surface area contributed by atoms with E-state index in [1.54, 1.807) is 15.6 Å². The SMILES string of the molecule is Cc1cccc(Cn2nc(C(C)C)c3cnn(-c4ccccc4)c3c2=O)c1. The molecule has 5 nitrogen and oxygen atoms in total. The van der Waals surface area contributed by atoms with E-state index in [0.29, 0.717) is 12.1 Å². The predicted octanol–water partition coefficient (Wildman–Crippen LogP) is 4.06. The lowest BCUT2D eigenvalue weighted by molar-refractivity contribution is 0.612. The Balaban J connectivity index is 1.95. The van der Waals surface area contributed by atoms with E-state index in [1.165, 1.54) is 5.56 Å². The zero-order valence-corrected chi connectivity index (χ0v) is 15.8. The van der Waals surface area contributed by atoms with Crippen LogP contribution in [0.3, 0.4) is 0 Å². The number of hydrogen-bond acceptors (Lipinski definition) is 3. The molecule has 0 bridgehead atoms. The van der Waals surface area contributed by atoms with Gasteiger partial charge in [0.05, 0.1) is 24.1 Å². The van der Waals surface area contributed by atoms with Crippen molar-refractivity contribution in [2.75, 3.05) is 0 Å². The van der Waals surface area contributed by atoms with Crippen molar-refractivity contribution in [3.8, 4) is 5.69 Å². The first-order valence-corrected chi connectivity index (χ1v) is 9.14. The van der Waals surface area contributed by atoms with Crippen LogP contribution >= 0.6 is 0 Å². The summed E-state index contributed by atoms with van der Waals surface area (Å²) in [5, 5.41) is 10.00. The molecule has 0 radical (unpaired) electrons. The topological polar surface area (TPSA) is 52.7 Å². The minimum absolute atomic E-state index is 0.128. The molecule has 0 aliphatic carbocycles. The van der Waals surface area contributed by atoms with Gasteiger partial charge in [-0.3, -0.25) is 4.79 Å². The zero-order valence-electron chi connectivity index (χ0n) is 15.8. The Morgan fingerprint density at radius 1 is 1.04 bits per heavy atom. The molecule has 0 atom stereocenters. The van der Waals surface area contributed by atoms with E-state index < -0.39 is 0 Å². The summed E-state index contributed by atoms with van der Waals surface area (Å²) in [4.78, 5) is 13.3. The Labute approximate surface area is 157 Å². The van der Waals surface area contributed by atoms with Crippen molar-refractivity contribution >= 4 is 10.9 Å². The molecule has 0 amide bonds. The number of benzene rings is 2. The number of hydrogen-bond donors (Lipinski definition) is 0. The van der Waals surface area contributed by atoms with Crippen LogP contribution in [0, 0.1) is 6.92 Å². The van der Waals surface area contributed by atoms with E-state index in [-0.39, 0.29) is 11.5 Å². The van der Waals surface area contributed by atoms with E-state index >= 15 is 0 Å². The average Bonchev–Trinajstić information content (AvgIpc) is 3.10. The summed E-state index contributed by atoms with van der Waals surface area (Å²) in [5.41, 5.74) is 4.43. The molecular weight excluding hydrogens is 336 g/mol. The maximum absolute atomic E-state index is 13.3. The summed E-state index contributed by atoms with van der Waals surface area (Å²) < 4.78 is 3.28. The maximum Gasteiger partial charge on any atom is 0.293 e. The predicted molar refractivity (Wildman–Crippen MR) is 107 cm³/mol. The highest BCUT2D eigenvalue weighted by Crippen LogP contribution is 2.23. The van der Waals surface area contributed by atoms with Gasteiger partial charge >= 0.3 is 0 Å². The van der Waals surface area contributed by atoms with Crippen LogP contribution in [0.25, 0.3) is 16.6 Å². The third-order valence-corrected chi connectivity index (χ3v) is 4.67. The third-order valence-electron chi connectivity index (χ3n) is 4.67. The molecule has 4 rings (SSSR count). The molecule has 2 heterocycles. The van der Waals surface area contributed by atoms with Gasteiger partial charge in [-0.05, 0) is 30.5 Å². The minimum Gasteiger partial charge on any atom is -0.265 e. The molecule has 0 N–H and O–H groups in total. The molecule has 5 heteroatoms. The number of para-hydroxylation sites is 1. The van der Waals surface area contributed by atoms with Crippen molar-refractivity contribution in [1.29, 1.82) is 0 Å². The molecule has 0 saturated carbocycles. The largest absolute Gasteiger partial charge is 0.293 e. The Kier molecular flexibility index (Phi) is 4.36. The van der Waals surface area contributed by atoms with Crippen molar-refractivity contribution in [3.63, 3.8) is 0 Å². The van der Waals surface area contributed by atoms with Gasteiger partial charge < -0.3 is 0 Å². The number of rotatable bonds is 4. The molecule has 4 aromatic rings. The summed E-state index contributed by atoms with van der Waals surface area (Å²) in [7, 11) is 0. The maximum atomic E-state index is 13.3. The van der Waals surface area contributed by atoms with E-state index in [1.807, 2.05) is 55.5 Å². The fourth-order valence-corrected chi connectivity index (χ4v) is 3.38. The zero-order chi connectivity index (χ0) is 19.0. The van der Waals surface area contributed by atoms with E-state index in [4.69, 9.17) is 0 Å². The summed E-state index contributed by atoms with van der Waals surface area (Å²) in [5.74, 6) is 0.185. The number of nitrogens with zero attached hydrogens (tertiary/aromatic N) is 4. The molecule has 2 aromatic heterocycles. The summed E-state index contributed by atoms with van der Waals surface area (Å²) in [6, 6.07) is 17.9. The number of aryl methyl sites for hydroxylation is 1. The van der Waals surface area contributed by atoms with Crippen molar-refractivity contribution in [2.45, 2.75) is 33.2 Å². The molecule has 0 saturated heterocycles. The molecule has 0 unspecified atom stereocenters. The van der Waals surface area contributed by atoms with Crippen LogP contribution in [0.2, 0.25) is 0 Å². The third kappa shape index (κ3) is 3.16. The fraction of sp³-hybridized carbons (Fsp3) is 0.227. The second-order valence-electron chi connectivity index (χ2n) is 7.15. The van der Waals surface area contributed by atoms with Crippen LogP contribution in [-0.4, -0.2) is 19.6 Å². The lowest BCUT2D eigenvalue weighted by Gasteiger charge is -2.12. The van der Waals surface area contributed by atoms with Crippen LogP contribution in [0.1, 0.15) is 36.6 Å². The Morgan fingerprint density at radius 3 is 2.52 bits per heavy atom. The lowest BCUT2D eigenvalue weighted by Crippen LogP contribution is -2.27. The lowest BCUT2D eigenvalue weighted by atomic mass is 10.1. The summed E-state index contributed by atoms with van der Waals surface area (Å²) in [6.07, 6.45) is 1.75. The molecule has 136 valence electrons. The minimum atomic E-state index is -0.128. The molecule has 0 aliphatic heterocycles. The van der Waals surface area contributed by atoms with Gasteiger partial charge in [0.1, 0.15) is 5.52 Å². The quantitative estimate of drug-likeness (QED) is 0.553. The van der Waals surface area contributed by atoms with Gasteiger partial charge in [0, 0.05) is 5.39 Å². The molecular formula is C22H22N4O. The smallest absolute Gasteiger partial charge is 0.265 e. The Morgan fingerprint density at radius 2 is 1.81 bits per heavy atom. The standard InChI is InChI=1S/C22H22N4O/c1-15(2)20-19-13-23-26(18-10-5-4-6-11-18)21(19)22(27)25(24-20)14-17-9-7-8-16(3)12-17/h4-13,15H,14H2,1-3H3. The highest BCUT2D eigenvalue weighted by atomic mass is 16.1. The first-order valence-electron chi connectivity index (χ1n) is 9.14. The summed E-state index contributed by atoms with van der Waals surface area (Å²) >= 11 is 0. The van der Waals surface area contributed by atoms with Crippen LogP contribution in [0.4, 0.5) is 0 Å². The molecule has 0 aliphatic rings. The van der Waals surface area contributed by atoms with Crippen molar-refractivity contribution in [3.05, 3.63) is 88.0 Å². The van der Waals surface area contributed by atoms with Gasteiger partial charge in [-0.2, -0.15) is 10.2 Å². The molecule has 2 aromatic carbocycles. The number of fused-ring (bicyclic) bond motifs is 1. The normalized spacial score (nSPS) is 11.4. The first-order chi connectivity index (χ1) is 13.0. The van der Waals surface area contributed by atoms with Crippen molar-refractivity contribution in [2.24, 2.45) is 0 Å². The van der Waals surface area contributed by atoms with Crippen LogP contribution < -0.4 is 5.56 Å². The summed E-state index contributed by atoms with van der Waals surface area (Å²) in [6.45, 7) is 6.66. The van der Waals surface area contributed by atoms with Gasteiger partial charge in [0.2, 0.25) is 0 Å². The van der Waals surface area contributed by atoms with Crippen LogP contribution in [0.5, 0.6) is 0 Å². The van der Waals surface area contributed by atoms with Gasteiger partial charge in [0.25, 0.3) is 5.56 Å². The highest BCUT2D eigenvalue weighted by molar-refractivity contribution is 5.82. The van der Waals surface area contributed by atoms with Gasteiger partial charge in [-0.15, -0.1) is 0 Å². The second-order valence-corrected chi connectivity index (χ2v) is 7.15. The fourth-order valence-electron chi connectivity index (χ4n) is 3.38. The first kappa shape index (κ1) is 17.2. The van der Waals surface area contributed by atoms with Gasteiger partial charge in [-0.25, -0.2) is 9.36 Å². The van der Waals surface area contributed by atoms with E-state index in [9.17, 15) is 4.79 Å². The van der Waals surface area contributed by atoms with E-state index in [2.05, 4.69) is 30.1 Å². The average molecular weight is 358 g/mol. The Bertz CT molecular complexity index is 1160.